The zero-order valence-corrected chi connectivity index (χ0v) is 9.79. The lowest BCUT2D eigenvalue weighted by Gasteiger charge is -2.10. The van der Waals surface area contributed by atoms with Crippen LogP contribution in [0.1, 0.15) is 46.5 Å². The predicted molar refractivity (Wildman–Crippen MR) is 62.3 cm³/mol. The highest BCUT2D eigenvalue weighted by Gasteiger charge is 2.12. The largest absolute Gasteiger partial charge is 0.485 e. The lowest BCUT2D eigenvalue weighted by Crippen LogP contribution is -2.22. The minimum atomic E-state index is -0.141. The van der Waals surface area contributed by atoms with Crippen molar-refractivity contribution in [2.45, 2.75) is 46.5 Å². The fraction of sp³-hybridized carbons (Fsp3) is 0.818. The summed E-state index contributed by atoms with van der Waals surface area (Å²) in [5, 5.41) is 0. The van der Waals surface area contributed by atoms with Crippen LogP contribution in [0, 0.1) is 0 Å². The summed E-state index contributed by atoms with van der Waals surface area (Å²) in [6.45, 7) is 7.88. The molecular weight excluding hydrogens is 175 g/mol. The maximum absolute atomic E-state index is 5.56. The molecule has 0 spiro atoms. The van der Waals surface area contributed by atoms with Crippen LogP contribution in [-0.2, 0) is 9.31 Å². The van der Waals surface area contributed by atoms with Crippen molar-refractivity contribution in [3.05, 3.63) is 12.1 Å². The van der Waals surface area contributed by atoms with Gasteiger partial charge in [0.05, 0.1) is 0 Å². The van der Waals surface area contributed by atoms with Gasteiger partial charge in [-0.3, -0.25) is 0 Å². The van der Waals surface area contributed by atoms with Crippen LogP contribution in [0.15, 0.2) is 12.1 Å². The first-order chi connectivity index (χ1) is 6.85. The molecule has 0 atom stereocenters. The maximum Gasteiger partial charge on any atom is 0.485 e. The predicted octanol–water partition coefficient (Wildman–Crippen LogP) is 3.22. The summed E-state index contributed by atoms with van der Waals surface area (Å²) in [4.78, 5) is 0. The van der Waals surface area contributed by atoms with Crippen LogP contribution in [0.3, 0.4) is 0 Å². The number of rotatable bonds is 9. The standard InChI is InChI=1S/C11H23BO2/c1-4-7-10-13-12(9-6-3)14-11-8-5-2/h6,9H,4-5,7-8,10-11H2,1-3H3/b9-6+. The molecule has 0 aliphatic carbocycles. The molecule has 0 amide bonds. The lowest BCUT2D eigenvalue weighted by molar-refractivity contribution is 0.201. The summed E-state index contributed by atoms with van der Waals surface area (Å²) in [7, 11) is -0.141. The van der Waals surface area contributed by atoms with Gasteiger partial charge in [0.2, 0.25) is 0 Å². The first-order valence-corrected chi connectivity index (χ1v) is 5.71. The second-order valence-electron chi connectivity index (χ2n) is 3.34. The highest BCUT2D eigenvalue weighted by molar-refractivity contribution is 6.50. The third-order valence-electron chi connectivity index (χ3n) is 1.91. The van der Waals surface area contributed by atoms with Gasteiger partial charge in [-0.2, -0.15) is 0 Å². The quantitative estimate of drug-likeness (QED) is 0.418. The van der Waals surface area contributed by atoms with Gasteiger partial charge < -0.3 is 9.31 Å². The highest BCUT2D eigenvalue weighted by Crippen LogP contribution is 1.98. The Hall–Kier alpha value is -0.275. The second-order valence-corrected chi connectivity index (χ2v) is 3.34. The molecule has 0 radical (unpaired) electrons. The monoisotopic (exact) mass is 198 g/mol. The Bertz CT molecular complexity index is 127. The fourth-order valence-corrected chi connectivity index (χ4v) is 1.00. The molecule has 14 heavy (non-hydrogen) atoms. The fourth-order valence-electron chi connectivity index (χ4n) is 1.00. The molecule has 0 saturated carbocycles. The second kappa shape index (κ2) is 10.8. The van der Waals surface area contributed by atoms with Gasteiger partial charge in [-0.1, -0.05) is 38.7 Å². The summed E-state index contributed by atoms with van der Waals surface area (Å²) in [6, 6.07) is 0. The first kappa shape index (κ1) is 13.7. The van der Waals surface area contributed by atoms with E-state index in [-0.39, 0.29) is 7.12 Å². The van der Waals surface area contributed by atoms with E-state index in [1.54, 1.807) is 0 Å². The summed E-state index contributed by atoms with van der Waals surface area (Å²) < 4.78 is 11.1. The molecule has 0 aliphatic rings. The molecule has 0 bridgehead atoms. The number of unbranched alkanes of at least 4 members (excludes halogenated alkanes) is 2. The third-order valence-corrected chi connectivity index (χ3v) is 1.91. The number of allylic oxidation sites excluding steroid dienone is 1. The minimum Gasteiger partial charge on any atom is -0.408 e. The van der Waals surface area contributed by atoms with Crippen LogP contribution in [0.5, 0.6) is 0 Å². The maximum atomic E-state index is 5.56. The average molecular weight is 198 g/mol. The van der Waals surface area contributed by atoms with Crippen LogP contribution in [0.4, 0.5) is 0 Å². The van der Waals surface area contributed by atoms with Crippen molar-refractivity contribution < 1.29 is 9.31 Å². The van der Waals surface area contributed by atoms with Gasteiger partial charge in [-0.25, -0.2) is 0 Å². The van der Waals surface area contributed by atoms with Crippen LogP contribution in [0.2, 0.25) is 0 Å². The van der Waals surface area contributed by atoms with Crippen molar-refractivity contribution in [3.63, 3.8) is 0 Å². The molecule has 0 aliphatic heterocycles. The molecule has 0 rings (SSSR count). The zero-order chi connectivity index (χ0) is 10.6. The Morgan fingerprint density at radius 1 is 1.00 bits per heavy atom. The van der Waals surface area contributed by atoms with E-state index in [9.17, 15) is 0 Å². The normalized spacial score (nSPS) is 11.1. The van der Waals surface area contributed by atoms with Crippen LogP contribution >= 0.6 is 0 Å². The summed E-state index contributed by atoms with van der Waals surface area (Å²) in [6.07, 6.45) is 6.51. The lowest BCUT2D eigenvalue weighted by atomic mass is 9.89. The number of hydrogen-bond acceptors (Lipinski definition) is 2. The molecular formula is C11H23BO2. The van der Waals surface area contributed by atoms with Crippen molar-refractivity contribution in [3.8, 4) is 0 Å². The highest BCUT2D eigenvalue weighted by atomic mass is 16.6. The average Bonchev–Trinajstić information content (AvgIpc) is 2.18. The molecule has 0 aromatic heterocycles. The Balaban J connectivity index is 3.55. The Morgan fingerprint density at radius 2 is 1.50 bits per heavy atom. The summed E-state index contributed by atoms with van der Waals surface area (Å²) >= 11 is 0. The van der Waals surface area contributed by atoms with Crippen LogP contribution in [0.25, 0.3) is 0 Å². The van der Waals surface area contributed by atoms with E-state index in [0.717, 1.165) is 38.9 Å². The third kappa shape index (κ3) is 8.33. The molecule has 0 N–H and O–H groups in total. The zero-order valence-electron chi connectivity index (χ0n) is 9.79. The summed E-state index contributed by atoms with van der Waals surface area (Å²) in [5.74, 6) is 1.96. The first-order valence-electron chi connectivity index (χ1n) is 5.71. The van der Waals surface area contributed by atoms with E-state index >= 15 is 0 Å². The van der Waals surface area contributed by atoms with E-state index in [2.05, 4.69) is 13.8 Å². The molecule has 82 valence electrons. The van der Waals surface area contributed by atoms with E-state index < -0.39 is 0 Å². The molecule has 2 nitrogen and oxygen atoms in total. The van der Waals surface area contributed by atoms with Gasteiger partial charge in [0.15, 0.2) is 0 Å². The Kier molecular flexibility index (Phi) is 10.6. The SMILES string of the molecule is C/C=C/B(OCCCC)OCCCC. The van der Waals surface area contributed by atoms with E-state index in [4.69, 9.17) is 9.31 Å². The van der Waals surface area contributed by atoms with E-state index in [1.165, 1.54) is 0 Å². The van der Waals surface area contributed by atoms with Crippen molar-refractivity contribution in [2.75, 3.05) is 13.2 Å². The smallest absolute Gasteiger partial charge is 0.408 e. The van der Waals surface area contributed by atoms with Gasteiger partial charge in [-0.05, 0) is 19.8 Å². The van der Waals surface area contributed by atoms with Crippen LogP contribution < -0.4 is 0 Å². The Morgan fingerprint density at radius 3 is 1.86 bits per heavy atom. The van der Waals surface area contributed by atoms with E-state index in [0.29, 0.717) is 0 Å². The molecule has 0 fully saturated rings. The van der Waals surface area contributed by atoms with Gasteiger partial charge in [-0.15, -0.1) is 0 Å². The molecule has 0 saturated heterocycles. The van der Waals surface area contributed by atoms with Crippen molar-refractivity contribution in [2.24, 2.45) is 0 Å². The molecule has 0 aromatic carbocycles. The van der Waals surface area contributed by atoms with Crippen molar-refractivity contribution in [1.29, 1.82) is 0 Å². The molecule has 3 heteroatoms. The molecule has 0 heterocycles. The van der Waals surface area contributed by atoms with Gasteiger partial charge in [0, 0.05) is 13.2 Å². The van der Waals surface area contributed by atoms with Crippen molar-refractivity contribution >= 4 is 7.12 Å². The number of hydrogen-bond donors (Lipinski definition) is 0. The van der Waals surface area contributed by atoms with E-state index in [1.807, 2.05) is 19.0 Å². The molecule has 0 aromatic rings. The van der Waals surface area contributed by atoms with Crippen LogP contribution in [-0.4, -0.2) is 20.3 Å². The van der Waals surface area contributed by atoms with Gasteiger partial charge in [0.1, 0.15) is 0 Å². The Labute approximate surface area is 88.8 Å². The van der Waals surface area contributed by atoms with Crippen molar-refractivity contribution in [1.82, 2.24) is 0 Å². The van der Waals surface area contributed by atoms with Gasteiger partial charge >= 0.3 is 7.12 Å². The summed E-state index contributed by atoms with van der Waals surface area (Å²) in [5.41, 5.74) is 0. The minimum absolute atomic E-state index is 0.141. The van der Waals surface area contributed by atoms with Gasteiger partial charge in [0.25, 0.3) is 0 Å². The molecule has 0 unspecified atom stereocenters. The topological polar surface area (TPSA) is 18.5 Å².